The van der Waals surface area contributed by atoms with Gasteiger partial charge in [0.15, 0.2) is 0 Å². The summed E-state index contributed by atoms with van der Waals surface area (Å²) in [6.07, 6.45) is 0. The first-order valence-electron chi connectivity index (χ1n) is 9.26. The third-order valence-electron chi connectivity index (χ3n) is 4.01. The summed E-state index contributed by atoms with van der Waals surface area (Å²) in [6.45, 7) is -0.591. The summed E-state index contributed by atoms with van der Waals surface area (Å²) in [5, 5.41) is 3.60. The third kappa shape index (κ3) is 8.00. The monoisotopic (exact) mass is 526 g/mol. The first-order valence-corrected chi connectivity index (χ1v) is 11.3. The number of phenols is 1. The molecule has 3 aromatic carbocycles. The van der Waals surface area contributed by atoms with Gasteiger partial charge in [0.1, 0.15) is 5.75 Å². The van der Waals surface area contributed by atoms with Crippen molar-refractivity contribution in [1.29, 1.82) is 0 Å². The maximum absolute atomic E-state index is 12.2. The molecule has 4 nitrogen and oxygen atoms in total. The fourth-order valence-electron chi connectivity index (χ4n) is 2.15. The average molecular weight is 526 g/mol. The van der Waals surface area contributed by atoms with E-state index in [1.165, 1.54) is 11.1 Å². The van der Waals surface area contributed by atoms with Crippen LogP contribution < -0.4 is 5.30 Å². The zero-order valence-corrected chi connectivity index (χ0v) is 19.5. The summed E-state index contributed by atoms with van der Waals surface area (Å²) in [6, 6.07) is 27.8. The summed E-state index contributed by atoms with van der Waals surface area (Å²) < 4.78 is 99.6. The van der Waals surface area contributed by atoms with Crippen LogP contribution in [0.4, 0.5) is 26.3 Å². The van der Waals surface area contributed by atoms with Crippen molar-refractivity contribution >= 4 is 24.7 Å². The highest BCUT2D eigenvalue weighted by Crippen LogP contribution is 2.47. The summed E-state index contributed by atoms with van der Waals surface area (Å²) >= 11 is 0. The van der Waals surface area contributed by atoms with Crippen LogP contribution in [0.15, 0.2) is 84.9 Å². The minimum atomic E-state index is -6.61. The minimum absolute atomic E-state index is 0.316. The molecule has 12 heteroatoms. The summed E-state index contributed by atoms with van der Waals surface area (Å²) in [5.41, 5.74) is 2.55. The summed E-state index contributed by atoms with van der Waals surface area (Å²) in [4.78, 5) is 0. The molecule has 0 fully saturated rings. The fourth-order valence-corrected chi connectivity index (χ4v) is 2.85. The molecule has 0 aliphatic rings. The van der Waals surface area contributed by atoms with Crippen LogP contribution in [-0.4, -0.2) is 35.2 Å². The Kier molecular flexibility index (Phi) is 10.1. The van der Waals surface area contributed by atoms with E-state index in [0.29, 0.717) is 5.75 Å². The molecule has 0 amide bonds. The van der Waals surface area contributed by atoms with E-state index >= 15 is 0 Å². The molecular weight excluding hydrogens is 505 g/mol. The second-order valence-corrected chi connectivity index (χ2v) is 8.91. The van der Waals surface area contributed by atoms with Crippen molar-refractivity contribution in [2.45, 2.75) is 24.0 Å². The number of halogens is 6. The maximum Gasteiger partial charge on any atom is 0.437 e. The molecule has 1 atom stereocenters. The van der Waals surface area contributed by atoms with E-state index in [0.717, 1.165) is 5.30 Å². The maximum atomic E-state index is 12.2. The number of benzene rings is 3. The predicted octanol–water partition coefficient (Wildman–Crippen LogP) is 6.00. The molecule has 0 radical (unpaired) electrons. The van der Waals surface area contributed by atoms with Crippen molar-refractivity contribution in [1.82, 2.24) is 0 Å². The molecule has 0 saturated carbocycles. The van der Waals surface area contributed by atoms with Crippen molar-refractivity contribution in [3.05, 3.63) is 84.9 Å². The van der Waals surface area contributed by atoms with Gasteiger partial charge in [-0.25, -0.2) is 0 Å². The number of alkyl halides is 6. The molecule has 0 saturated heterocycles. The van der Waals surface area contributed by atoms with Crippen molar-refractivity contribution in [2.24, 2.45) is 0 Å². The molecule has 0 spiro atoms. The lowest BCUT2D eigenvalue weighted by atomic mass is 10.1. The van der Waals surface area contributed by atoms with Crippen LogP contribution in [0.25, 0.3) is 11.1 Å². The highest BCUT2D eigenvalue weighted by molar-refractivity contribution is 7.87. The van der Waals surface area contributed by atoms with Crippen molar-refractivity contribution in [3.63, 3.8) is 0 Å². The van der Waals surface area contributed by atoms with Crippen LogP contribution in [0, 0.1) is 0 Å². The largest absolute Gasteiger partial charge is 0.508 e. The van der Waals surface area contributed by atoms with Crippen LogP contribution in [0.1, 0.15) is 6.92 Å². The Morgan fingerprint density at radius 2 is 1.06 bits per heavy atom. The molecule has 0 aliphatic heterocycles. The van der Waals surface area contributed by atoms with Crippen LogP contribution in [0.5, 0.6) is 5.75 Å². The smallest absolute Gasteiger partial charge is 0.437 e. The zero-order chi connectivity index (χ0) is 26.2. The van der Waals surface area contributed by atoms with Gasteiger partial charge >= 0.3 is 27.2 Å². The third-order valence-corrected chi connectivity index (χ3v) is 5.30. The van der Waals surface area contributed by atoms with Crippen LogP contribution in [0.2, 0.25) is 0 Å². The second-order valence-electron chi connectivity index (χ2n) is 6.78. The number of phenolic OH excluding ortho intramolecular Hbond substituents is 1. The molecule has 1 unspecified atom stereocenters. The van der Waals surface area contributed by atoms with Gasteiger partial charge in [0, 0.05) is 6.92 Å². The summed E-state index contributed by atoms with van der Waals surface area (Å²) in [5.74, 6) is -11.2. The molecule has 0 aromatic heterocycles. The van der Waals surface area contributed by atoms with E-state index in [9.17, 15) is 34.8 Å². The molecule has 0 bridgehead atoms. The number of aromatic hydroxyl groups is 1. The average Bonchev–Trinajstić information content (AvgIpc) is 2.76. The first kappa shape index (κ1) is 29.4. The van der Waals surface area contributed by atoms with E-state index in [2.05, 4.69) is 57.8 Å². The highest BCUT2D eigenvalue weighted by Gasteiger charge is 2.75. The Morgan fingerprint density at radius 1 is 0.706 bits per heavy atom. The zero-order valence-electron chi connectivity index (χ0n) is 17.5. The highest BCUT2D eigenvalue weighted by atomic mass is 32.2. The lowest BCUT2D eigenvalue weighted by Crippen LogP contribution is -2.56. The van der Waals surface area contributed by atoms with Gasteiger partial charge in [0.05, 0.1) is 0 Å². The lowest BCUT2D eigenvalue weighted by molar-refractivity contribution is -0.273. The van der Waals surface area contributed by atoms with E-state index in [1.54, 1.807) is 12.1 Å². The molecule has 2 N–H and O–H groups in total. The number of hydrogen-bond donors (Lipinski definition) is 2. The van der Waals surface area contributed by atoms with Crippen LogP contribution in [0.3, 0.4) is 0 Å². The molecule has 0 aliphatic carbocycles. The number of hydrogen-bond acceptors (Lipinski definition) is 3. The second kappa shape index (κ2) is 11.7. The first-order chi connectivity index (χ1) is 15.5. The van der Waals surface area contributed by atoms with E-state index in [4.69, 9.17) is 9.66 Å². The normalized spacial score (nSPS) is 12.0. The number of rotatable bonds is 4. The van der Waals surface area contributed by atoms with Gasteiger partial charge in [-0.3, -0.25) is 4.55 Å². The summed E-state index contributed by atoms with van der Waals surface area (Å²) in [7, 11) is -4.07. The SMILES string of the molecule is CC(F)(F)C(F)(F)C(F)(F)S(=O)(=O)O.Oc1ccc(P)cc1.c1ccc(-c2ccccc2)cc1. The van der Waals surface area contributed by atoms with Gasteiger partial charge in [-0.15, -0.1) is 9.24 Å². The fraction of sp³-hybridized carbons (Fsp3) is 0.182. The van der Waals surface area contributed by atoms with Crippen LogP contribution >= 0.6 is 9.24 Å². The van der Waals surface area contributed by atoms with Gasteiger partial charge in [-0.1, -0.05) is 72.8 Å². The Bertz CT molecular complexity index is 1060. The molecule has 3 aromatic rings. The molecule has 34 heavy (non-hydrogen) atoms. The van der Waals surface area contributed by atoms with Gasteiger partial charge in [-0.05, 0) is 28.6 Å². The van der Waals surface area contributed by atoms with E-state index in [-0.39, 0.29) is 0 Å². The van der Waals surface area contributed by atoms with Crippen molar-refractivity contribution in [3.8, 4) is 16.9 Å². The molecule has 0 heterocycles. The topological polar surface area (TPSA) is 74.6 Å². The molecular formula is C22H21F6O4PS. The Labute approximate surface area is 195 Å². The van der Waals surface area contributed by atoms with Crippen LogP contribution in [-0.2, 0) is 10.1 Å². The van der Waals surface area contributed by atoms with Crippen molar-refractivity contribution in [2.75, 3.05) is 0 Å². The Balaban J connectivity index is 0.000000263. The molecule has 186 valence electrons. The minimum Gasteiger partial charge on any atom is -0.508 e. The van der Waals surface area contributed by atoms with Gasteiger partial charge in [0.2, 0.25) is 0 Å². The van der Waals surface area contributed by atoms with E-state index in [1.807, 2.05) is 24.3 Å². The quantitative estimate of drug-likeness (QED) is 0.248. The van der Waals surface area contributed by atoms with Gasteiger partial charge < -0.3 is 5.11 Å². The standard InChI is InChI=1S/C12H10.C6H7OP.C4H4F6O3S/c1-3-7-11(8-4-1)12-9-5-2-6-10-12;7-5-1-3-6(8)4-2-5;1-2(5,6)3(7,8)4(9,10)14(11,12)13/h1-10H;1-4,7H,8H2;1H3,(H,11,12,13). The van der Waals surface area contributed by atoms with Gasteiger partial charge in [-0.2, -0.15) is 34.8 Å². The van der Waals surface area contributed by atoms with Crippen molar-refractivity contribution < 1.29 is 44.4 Å². The Hall–Kier alpha value is -2.62. The predicted molar refractivity (Wildman–Crippen MR) is 121 cm³/mol. The van der Waals surface area contributed by atoms with E-state index < -0.39 is 34.1 Å². The Morgan fingerprint density at radius 3 is 1.29 bits per heavy atom. The lowest BCUT2D eigenvalue weighted by Gasteiger charge is -2.28. The molecule has 3 rings (SSSR count). The van der Waals surface area contributed by atoms with Gasteiger partial charge in [0.25, 0.3) is 0 Å².